The molecule has 1 aromatic rings. The molecule has 18 heavy (non-hydrogen) atoms. The van der Waals surface area contributed by atoms with Gasteiger partial charge in [0.1, 0.15) is 11.4 Å². The van der Waals surface area contributed by atoms with E-state index >= 15 is 0 Å². The lowest BCUT2D eigenvalue weighted by molar-refractivity contribution is -0.150. The maximum Gasteiger partial charge on any atom is 0.251 e. The third-order valence-corrected chi connectivity index (χ3v) is 3.41. The number of furan rings is 1. The summed E-state index contributed by atoms with van der Waals surface area (Å²) in [6, 6.07) is 3.83. The van der Waals surface area contributed by atoms with Gasteiger partial charge in [0.15, 0.2) is 0 Å². The second-order valence-corrected chi connectivity index (χ2v) is 4.98. The van der Waals surface area contributed by atoms with Crippen LogP contribution < -0.4 is 5.32 Å². The fourth-order valence-electron chi connectivity index (χ4n) is 2.22. The van der Waals surface area contributed by atoms with Gasteiger partial charge in [0.2, 0.25) is 0 Å². The normalized spacial score (nSPS) is 23.8. The van der Waals surface area contributed by atoms with E-state index in [1.54, 1.807) is 6.26 Å². The van der Waals surface area contributed by atoms with E-state index in [-0.39, 0.29) is 5.91 Å². The van der Waals surface area contributed by atoms with E-state index in [2.05, 4.69) is 5.32 Å². The van der Waals surface area contributed by atoms with Gasteiger partial charge in [0.05, 0.1) is 6.26 Å². The van der Waals surface area contributed by atoms with Crippen molar-refractivity contribution in [2.45, 2.75) is 44.6 Å². The number of rotatable bonds is 5. The Morgan fingerprint density at radius 2 is 2.39 bits per heavy atom. The van der Waals surface area contributed by atoms with Crippen LogP contribution in [-0.2, 0) is 16.0 Å². The molecule has 0 spiro atoms. The second-order valence-electron chi connectivity index (χ2n) is 4.98. The quantitative estimate of drug-likeness (QED) is 0.817. The zero-order chi connectivity index (χ0) is 12.8. The summed E-state index contributed by atoms with van der Waals surface area (Å²) < 4.78 is 10.8. The highest BCUT2D eigenvalue weighted by Gasteiger charge is 2.35. The van der Waals surface area contributed by atoms with Crippen LogP contribution in [0.3, 0.4) is 0 Å². The number of ether oxygens (including phenoxy) is 1. The van der Waals surface area contributed by atoms with Gasteiger partial charge in [-0.25, -0.2) is 0 Å². The fourth-order valence-corrected chi connectivity index (χ4v) is 2.22. The molecule has 1 amide bonds. The lowest BCUT2D eigenvalue weighted by Crippen LogP contribution is -2.48. The maximum atomic E-state index is 12.0. The van der Waals surface area contributed by atoms with E-state index < -0.39 is 5.60 Å². The lowest BCUT2D eigenvalue weighted by Gasteiger charge is -2.32. The topological polar surface area (TPSA) is 51.5 Å². The highest BCUT2D eigenvalue weighted by Crippen LogP contribution is 2.24. The molecule has 1 saturated heterocycles. The summed E-state index contributed by atoms with van der Waals surface area (Å²) in [6.07, 6.45) is 6.35. The Hall–Kier alpha value is -1.29. The van der Waals surface area contributed by atoms with E-state index in [0.717, 1.165) is 37.9 Å². The highest BCUT2D eigenvalue weighted by molar-refractivity contribution is 5.84. The van der Waals surface area contributed by atoms with Gasteiger partial charge in [-0.3, -0.25) is 4.79 Å². The van der Waals surface area contributed by atoms with Crippen LogP contribution in [0.1, 0.15) is 38.4 Å². The van der Waals surface area contributed by atoms with Gasteiger partial charge in [0, 0.05) is 19.6 Å². The molecule has 1 aliphatic heterocycles. The molecule has 0 aromatic carbocycles. The Labute approximate surface area is 108 Å². The number of carbonyl (C=O) groups is 1. The zero-order valence-corrected chi connectivity index (χ0v) is 10.9. The van der Waals surface area contributed by atoms with Crippen LogP contribution in [0.5, 0.6) is 0 Å². The number of nitrogens with one attached hydrogen (secondary N) is 1. The Morgan fingerprint density at radius 1 is 1.50 bits per heavy atom. The van der Waals surface area contributed by atoms with Crippen LogP contribution >= 0.6 is 0 Å². The summed E-state index contributed by atoms with van der Waals surface area (Å²) in [5.41, 5.74) is -0.622. The molecule has 0 saturated carbocycles. The van der Waals surface area contributed by atoms with Crippen LogP contribution in [0.2, 0.25) is 0 Å². The van der Waals surface area contributed by atoms with Crippen molar-refractivity contribution in [2.24, 2.45) is 0 Å². The summed E-state index contributed by atoms with van der Waals surface area (Å²) in [7, 11) is 0. The standard InChI is InChI=1S/C14H21NO3/c1-14(8-2-3-11-18-14)13(16)15-9-4-6-12-7-5-10-17-12/h5,7,10H,2-4,6,8-9,11H2,1H3,(H,15,16). The molecule has 1 aliphatic rings. The Kier molecular flexibility index (Phi) is 4.42. The first-order valence-electron chi connectivity index (χ1n) is 6.65. The van der Waals surface area contributed by atoms with Crippen molar-refractivity contribution >= 4 is 5.91 Å². The van der Waals surface area contributed by atoms with Gasteiger partial charge >= 0.3 is 0 Å². The van der Waals surface area contributed by atoms with Crippen molar-refractivity contribution < 1.29 is 13.9 Å². The van der Waals surface area contributed by atoms with Crippen molar-refractivity contribution in [3.8, 4) is 0 Å². The summed E-state index contributed by atoms with van der Waals surface area (Å²) in [6.45, 7) is 3.24. The Bertz CT molecular complexity index is 366. The van der Waals surface area contributed by atoms with Crippen molar-refractivity contribution in [2.75, 3.05) is 13.2 Å². The van der Waals surface area contributed by atoms with Crippen LogP contribution in [0, 0.1) is 0 Å². The average Bonchev–Trinajstić information content (AvgIpc) is 2.88. The predicted octanol–water partition coefficient (Wildman–Crippen LogP) is 2.29. The van der Waals surface area contributed by atoms with Crippen molar-refractivity contribution in [1.29, 1.82) is 0 Å². The highest BCUT2D eigenvalue weighted by atomic mass is 16.5. The van der Waals surface area contributed by atoms with Crippen molar-refractivity contribution in [3.63, 3.8) is 0 Å². The molecule has 0 radical (unpaired) electrons. The van der Waals surface area contributed by atoms with E-state index in [1.165, 1.54) is 0 Å². The third-order valence-electron chi connectivity index (χ3n) is 3.41. The minimum atomic E-state index is -0.622. The predicted molar refractivity (Wildman–Crippen MR) is 68.2 cm³/mol. The molecule has 2 rings (SSSR count). The van der Waals surface area contributed by atoms with Crippen LogP contribution in [-0.4, -0.2) is 24.7 Å². The summed E-state index contributed by atoms with van der Waals surface area (Å²) in [5.74, 6) is 0.978. The number of hydrogen-bond acceptors (Lipinski definition) is 3. The molecule has 1 atom stereocenters. The van der Waals surface area contributed by atoms with Gasteiger partial charge in [0.25, 0.3) is 5.91 Å². The van der Waals surface area contributed by atoms with Gasteiger partial charge in [-0.1, -0.05) is 0 Å². The number of carbonyl (C=O) groups excluding carboxylic acids is 1. The van der Waals surface area contributed by atoms with E-state index in [9.17, 15) is 4.79 Å². The smallest absolute Gasteiger partial charge is 0.251 e. The molecule has 0 bridgehead atoms. The summed E-state index contributed by atoms with van der Waals surface area (Å²) in [4.78, 5) is 12.0. The minimum absolute atomic E-state index is 0.0154. The van der Waals surface area contributed by atoms with E-state index in [4.69, 9.17) is 9.15 Å². The minimum Gasteiger partial charge on any atom is -0.469 e. The van der Waals surface area contributed by atoms with Gasteiger partial charge in [-0.15, -0.1) is 0 Å². The molecule has 1 fully saturated rings. The SMILES string of the molecule is CC1(C(=O)NCCCc2ccco2)CCCCO1. The van der Waals surface area contributed by atoms with E-state index in [1.807, 2.05) is 19.1 Å². The van der Waals surface area contributed by atoms with Crippen molar-refractivity contribution in [1.82, 2.24) is 5.32 Å². The molecule has 1 unspecified atom stereocenters. The van der Waals surface area contributed by atoms with Crippen LogP contribution in [0.15, 0.2) is 22.8 Å². The molecule has 4 nitrogen and oxygen atoms in total. The lowest BCUT2D eigenvalue weighted by atomic mass is 9.95. The van der Waals surface area contributed by atoms with Gasteiger partial charge < -0.3 is 14.5 Å². The largest absolute Gasteiger partial charge is 0.469 e. The first-order chi connectivity index (χ1) is 8.71. The number of hydrogen-bond donors (Lipinski definition) is 1. The summed E-state index contributed by atoms with van der Waals surface area (Å²) in [5, 5.41) is 2.95. The van der Waals surface area contributed by atoms with Crippen LogP contribution in [0.25, 0.3) is 0 Å². The molecule has 100 valence electrons. The molecular formula is C14H21NO3. The molecule has 4 heteroatoms. The Morgan fingerprint density at radius 3 is 3.06 bits per heavy atom. The van der Waals surface area contributed by atoms with Crippen LogP contribution in [0.4, 0.5) is 0 Å². The molecule has 2 heterocycles. The number of aryl methyl sites for hydroxylation is 1. The van der Waals surface area contributed by atoms with Gasteiger partial charge in [-0.05, 0) is 44.7 Å². The first-order valence-corrected chi connectivity index (χ1v) is 6.65. The fraction of sp³-hybridized carbons (Fsp3) is 0.643. The second kappa shape index (κ2) is 6.05. The summed E-state index contributed by atoms with van der Waals surface area (Å²) >= 11 is 0. The Balaban J connectivity index is 1.68. The monoisotopic (exact) mass is 251 g/mol. The van der Waals surface area contributed by atoms with E-state index in [0.29, 0.717) is 13.2 Å². The molecular weight excluding hydrogens is 230 g/mol. The van der Waals surface area contributed by atoms with Crippen molar-refractivity contribution in [3.05, 3.63) is 24.2 Å². The maximum absolute atomic E-state index is 12.0. The molecule has 1 N–H and O–H groups in total. The van der Waals surface area contributed by atoms with Gasteiger partial charge in [-0.2, -0.15) is 0 Å². The third kappa shape index (κ3) is 3.35. The molecule has 1 aromatic heterocycles. The number of amides is 1. The average molecular weight is 251 g/mol. The zero-order valence-electron chi connectivity index (χ0n) is 10.9. The first kappa shape index (κ1) is 13.1. The molecule has 0 aliphatic carbocycles.